The third-order valence-electron chi connectivity index (χ3n) is 4.33. The van der Waals surface area contributed by atoms with Crippen molar-refractivity contribution in [2.24, 2.45) is 16.1 Å². The predicted molar refractivity (Wildman–Crippen MR) is 100 cm³/mol. The van der Waals surface area contributed by atoms with Gasteiger partial charge in [-0.05, 0) is 17.5 Å². The highest BCUT2D eigenvalue weighted by atomic mass is 35.5. The first-order valence-corrected chi connectivity index (χ1v) is 8.89. The number of amides is 1. The number of nitrogens with zero attached hydrogens (tertiary/aromatic N) is 2. The summed E-state index contributed by atoms with van der Waals surface area (Å²) in [5.41, 5.74) is 6.20. The quantitative estimate of drug-likeness (QED) is 0.480. The Morgan fingerprint density at radius 1 is 1.48 bits per heavy atom. The van der Waals surface area contributed by atoms with Gasteiger partial charge in [0.2, 0.25) is 0 Å². The van der Waals surface area contributed by atoms with Gasteiger partial charge in [0.1, 0.15) is 17.7 Å². The molecule has 1 aromatic carbocycles. The summed E-state index contributed by atoms with van der Waals surface area (Å²) in [6, 6.07) is 7.28. The number of carboxylic acid groups (broad SMARTS) is 1. The number of amidine groups is 1. The molecular formula is C18H26ClN3O3. The molecule has 25 heavy (non-hydrogen) atoms. The van der Waals surface area contributed by atoms with Crippen LogP contribution >= 0.6 is 11.6 Å². The molecule has 7 heteroatoms. The molecule has 0 bridgehead atoms. The Balaban J connectivity index is 2.11. The minimum absolute atomic E-state index is 0.0376. The van der Waals surface area contributed by atoms with E-state index >= 15 is 0 Å². The number of halogens is 1. The van der Waals surface area contributed by atoms with Crippen molar-refractivity contribution < 1.29 is 14.6 Å². The SMILES string of the molecule is CC(C)(C)C1CC(Oc2cccc(N=C(N)CCl)c2)CCN1C(=O)O. The topological polar surface area (TPSA) is 88.2 Å². The van der Waals surface area contributed by atoms with Crippen molar-refractivity contribution >= 4 is 29.2 Å². The Morgan fingerprint density at radius 3 is 2.80 bits per heavy atom. The van der Waals surface area contributed by atoms with Gasteiger partial charge in [-0.15, -0.1) is 11.6 Å². The molecule has 6 nitrogen and oxygen atoms in total. The Labute approximate surface area is 153 Å². The zero-order valence-electron chi connectivity index (χ0n) is 14.9. The van der Waals surface area contributed by atoms with Gasteiger partial charge in [0.15, 0.2) is 0 Å². The van der Waals surface area contributed by atoms with Crippen molar-refractivity contribution in [2.75, 3.05) is 12.4 Å². The highest BCUT2D eigenvalue weighted by molar-refractivity contribution is 6.28. The second kappa shape index (κ2) is 7.95. The predicted octanol–water partition coefficient (Wildman–Crippen LogP) is 3.85. The van der Waals surface area contributed by atoms with Gasteiger partial charge < -0.3 is 20.5 Å². The molecule has 0 aliphatic carbocycles. The van der Waals surface area contributed by atoms with Crippen LogP contribution < -0.4 is 10.5 Å². The zero-order valence-corrected chi connectivity index (χ0v) is 15.7. The molecule has 1 aliphatic rings. The Kier molecular flexibility index (Phi) is 6.16. The fraction of sp³-hybridized carbons (Fsp3) is 0.556. The molecule has 3 N–H and O–H groups in total. The van der Waals surface area contributed by atoms with Gasteiger partial charge in [0.05, 0.1) is 11.6 Å². The van der Waals surface area contributed by atoms with E-state index in [1.165, 1.54) is 4.90 Å². The lowest BCUT2D eigenvalue weighted by Gasteiger charge is -2.44. The minimum Gasteiger partial charge on any atom is -0.490 e. The number of aliphatic imine (C=N–C) groups is 1. The highest BCUT2D eigenvalue weighted by Crippen LogP contribution is 2.34. The summed E-state index contributed by atoms with van der Waals surface area (Å²) in [5.74, 6) is 1.22. The maximum atomic E-state index is 11.5. The second-order valence-corrected chi connectivity index (χ2v) is 7.62. The molecule has 0 aromatic heterocycles. The van der Waals surface area contributed by atoms with E-state index in [-0.39, 0.29) is 23.4 Å². The molecule has 0 spiro atoms. The van der Waals surface area contributed by atoms with Crippen LogP contribution in [-0.4, -0.2) is 46.5 Å². The van der Waals surface area contributed by atoms with E-state index in [2.05, 4.69) is 25.8 Å². The van der Waals surface area contributed by atoms with Gasteiger partial charge in [-0.1, -0.05) is 26.8 Å². The third-order valence-corrected chi connectivity index (χ3v) is 4.60. The molecule has 2 unspecified atom stereocenters. The van der Waals surface area contributed by atoms with Crippen LogP contribution in [0, 0.1) is 5.41 Å². The van der Waals surface area contributed by atoms with E-state index in [1.807, 2.05) is 24.3 Å². The van der Waals surface area contributed by atoms with Crippen LogP contribution in [0.4, 0.5) is 10.5 Å². The number of rotatable bonds is 4. The van der Waals surface area contributed by atoms with Crippen LogP contribution in [-0.2, 0) is 0 Å². The summed E-state index contributed by atoms with van der Waals surface area (Å²) in [4.78, 5) is 17.2. The average molecular weight is 368 g/mol. The third kappa shape index (κ3) is 5.26. The van der Waals surface area contributed by atoms with Crippen molar-refractivity contribution in [1.29, 1.82) is 0 Å². The van der Waals surface area contributed by atoms with Crippen LogP contribution in [0.5, 0.6) is 5.75 Å². The molecule has 0 saturated carbocycles. The summed E-state index contributed by atoms with van der Waals surface area (Å²) in [7, 11) is 0. The maximum absolute atomic E-state index is 11.5. The smallest absolute Gasteiger partial charge is 0.407 e. The van der Waals surface area contributed by atoms with Crippen molar-refractivity contribution in [3.63, 3.8) is 0 Å². The van der Waals surface area contributed by atoms with Gasteiger partial charge in [0.25, 0.3) is 0 Å². The number of carbonyl (C=O) groups is 1. The normalized spacial score (nSPS) is 21.9. The molecule has 138 valence electrons. The maximum Gasteiger partial charge on any atom is 0.407 e. The molecule has 0 radical (unpaired) electrons. The standard InChI is InChI=1S/C18H26ClN3O3/c1-18(2,3)15-10-14(7-8-22(15)17(23)24)25-13-6-4-5-12(9-13)21-16(20)11-19/h4-6,9,14-15H,7-8,10-11H2,1-3H3,(H2,20,21)(H,23,24). The molecule has 1 fully saturated rings. The summed E-state index contributed by atoms with van der Waals surface area (Å²) < 4.78 is 6.10. The van der Waals surface area contributed by atoms with E-state index in [0.29, 0.717) is 36.7 Å². The summed E-state index contributed by atoms with van der Waals surface area (Å²) in [5, 5.41) is 9.44. The molecule has 2 rings (SSSR count). The van der Waals surface area contributed by atoms with E-state index in [1.54, 1.807) is 0 Å². The van der Waals surface area contributed by atoms with E-state index in [9.17, 15) is 9.90 Å². The number of piperidine rings is 1. The second-order valence-electron chi connectivity index (χ2n) is 7.36. The van der Waals surface area contributed by atoms with Crippen molar-refractivity contribution in [1.82, 2.24) is 4.90 Å². The number of benzene rings is 1. The average Bonchev–Trinajstić information content (AvgIpc) is 2.54. The van der Waals surface area contributed by atoms with Crippen LogP contribution in [0.2, 0.25) is 0 Å². The largest absolute Gasteiger partial charge is 0.490 e. The van der Waals surface area contributed by atoms with Gasteiger partial charge in [-0.3, -0.25) is 0 Å². The van der Waals surface area contributed by atoms with E-state index in [0.717, 1.165) is 0 Å². The number of likely N-dealkylation sites (tertiary alicyclic amines) is 1. The molecule has 1 amide bonds. The van der Waals surface area contributed by atoms with Crippen LogP contribution in [0.15, 0.2) is 29.3 Å². The van der Waals surface area contributed by atoms with Gasteiger partial charge in [0, 0.05) is 31.5 Å². The molecular weight excluding hydrogens is 342 g/mol. The van der Waals surface area contributed by atoms with Crippen molar-refractivity contribution in [2.45, 2.75) is 45.8 Å². The van der Waals surface area contributed by atoms with E-state index < -0.39 is 6.09 Å². The lowest BCUT2D eigenvalue weighted by molar-refractivity contribution is 0.0130. The Bertz CT molecular complexity index is 643. The zero-order chi connectivity index (χ0) is 18.6. The van der Waals surface area contributed by atoms with Gasteiger partial charge in [-0.25, -0.2) is 9.79 Å². The fourth-order valence-electron chi connectivity index (χ4n) is 3.10. The fourth-order valence-corrected chi connectivity index (χ4v) is 3.16. The highest BCUT2D eigenvalue weighted by Gasteiger charge is 2.39. The van der Waals surface area contributed by atoms with Crippen LogP contribution in [0.25, 0.3) is 0 Å². The van der Waals surface area contributed by atoms with Crippen LogP contribution in [0.3, 0.4) is 0 Å². The first-order chi connectivity index (χ1) is 11.7. The number of hydrogen-bond donors (Lipinski definition) is 2. The Hall–Kier alpha value is -1.95. The molecule has 1 saturated heterocycles. The molecule has 1 heterocycles. The molecule has 1 aliphatic heterocycles. The number of alkyl halides is 1. The summed E-state index contributed by atoms with van der Waals surface area (Å²) >= 11 is 5.66. The lowest BCUT2D eigenvalue weighted by Crippen LogP contribution is -2.53. The van der Waals surface area contributed by atoms with Crippen molar-refractivity contribution in [3.05, 3.63) is 24.3 Å². The van der Waals surface area contributed by atoms with Gasteiger partial charge in [-0.2, -0.15) is 0 Å². The molecule has 2 atom stereocenters. The van der Waals surface area contributed by atoms with Crippen molar-refractivity contribution in [3.8, 4) is 5.75 Å². The minimum atomic E-state index is -0.869. The lowest BCUT2D eigenvalue weighted by atomic mass is 9.80. The first kappa shape index (κ1) is 19.4. The summed E-state index contributed by atoms with van der Waals surface area (Å²) in [6.45, 7) is 6.64. The number of nitrogens with two attached hydrogens (primary N) is 1. The van der Waals surface area contributed by atoms with Crippen LogP contribution in [0.1, 0.15) is 33.6 Å². The molecule has 1 aromatic rings. The van der Waals surface area contributed by atoms with E-state index in [4.69, 9.17) is 22.1 Å². The monoisotopic (exact) mass is 367 g/mol. The summed E-state index contributed by atoms with van der Waals surface area (Å²) in [6.07, 6.45) is 0.416. The first-order valence-electron chi connectivity index (χ1n) is 8.36. The number of hydrogen-bond acceptors (Lipinski definition) is 3. The Morgan fingerprint density at radius 2 is 2.20 bits per heavy atom. The number of ether oxygens (including phenoxy) is 1. The van der Waals surface area contributed by atoms with Gasteiger partial charge >= 0.3 is 6.09 Å².